The number of nitrogens with one attached hydrogen (secondary N) is 1. The second-order valence-electron chi connectivity index (χ2n) is 7.50. The molecule has 168 valence electrons. The maximum absolute atomic E-state index is 6.27. The molecule has 0 bridgehead atoms. The van der Waals surface area contributed by atoms with Gasteiger partial charge in [-0.1, -0.05) is 25.4 Å². The van der Waals surface area contributed by atoms with Gasteiger partial charge in [-0.3, -0.25) is 0 Å². The van der Waals surface area contributed by atoms with Crippen LogP contribution in [-0.4, -0.2) is 47.7 Å². The summed E-state index contributed by atoms with van der Waals surface area (Å²) in [6.07, 6.45) is 2.21. The predicted molar refractivity (Wildman–Crippen MR) is 134 cm³/mol. The van der Waals surface area contributed by atoms with Crippen LogP contribution in [0.1, 0.15) is 33.6 Å². The van der Waals surface area contributed by atoms with Crippen molar-refractivity contribution in [2.24, 2.45) is 0 Å². The van der Waals surface area contributed by atoms with Gasteiger partial charge in [0.25, 0.3) is 0 Å². The molecule has 1 N–H and O–H groups in total. The first-order valence-corrected chi connectivity index (χ1v) is 11.0. The van der Waals surface area contributed by atoms with Gasteiger partial charge in [0, 0.05) is 22.0 Å². The summed E-state index contributed by atoms with van der Waals surface area (Å²) in [4.78, 5) is 12.1. The number of nitrogens with zero attached hydrogens (tertiary/aromatic N) is 3. The van der Waals surface area contributed by atoms with E-state index in [9.17, 15) is 0 Å². The fourth-order valence-electron chi connectivity index (χ4n) is 3.55. The molecule has 2 aromatic carbocycles. The van der Waals surface area contributed by atoms with Crippen molar-refractivity contribution in [2.75, 3.05) is 32.1 Å². The van der Waals surface area contributed by atoms with Gasteiger partial charge >= 0.3 is 0 Å². The van der Waals surface area contributed by atoms with Crippen molar-refractivity contribution < 1.29 is 4.74 Å². The lowest BCUT2D eigenvalue weighted by molar-refractivity contribution is 0.295. The normalized spacial score (nSPS) is 11.9. The Balaban J connectivity index is 0.00000341. The Kier molecular flexibility index (Phi) is 9.82. The highest BCUT2D eigenvalue weighted by Crippen LogP contribution is 2.29. The minimum Gasteiger partial charge on any atom is -0.497 e. The molecule has 5 nitrogen and oxygen atoms in total. The van der Waals surface area contributed by atoms with Gasteiger partial charge in [-0.15, -0.1) is 12.4 Å². The lowest BCUT2D eigenvalue weighted by Crippen LogP contribution is -2.25. The highest BCUT2D eigenvalue weighted by atomic mass is 35.5. The molecule has 0 saturated heterocycles. The second kappa shape index (κ2) is 12.1. The molecule has 31 heavy (non-hydrogen) atoms. The molecule has 0 aliphatic rings. The lowest BCUT2D eigenvalue weighted by atomic mass is 10.1. The summed E-state index contributed by atoms with van der Waals surface area (Å²) in [6, 6.07) is 13.8. The van der Waals surface area contributed by atoms with E-state index >= 15 is 0 Å². The van der Waals surface area contributed by atoms with Crippen molar-refractivity contribution in [2.45, 2.75) is 39.7 Å². The number of ether oxygens (including phenoxy) is 1. The van der Waals surface area contributed by atoms with E-state index in [0.717, 1.165) is 60.5 Å². The highest BCUT2D eigenvalue weighted by Gasteiger charge is 2.13. The smallest absolute Gasteiger partial charge is 0.162 e. The fraction of sp³-hybridized carbons (Fsp3) is 0.417. The number of hydrogen-bond donors (Lipinski definition) is 1. The molecule has 0 aliphatic heterocycles. The Labute approximate surface area is 196 Å². The zero-order chi connectivity index (χ0) is 21.5. The topological polar surface area (TPSA) is 50.3 Å². The molecule has 1 atom stereocenters. The molecule has 1 unspecified atom stereocenters. The number of anilines is 1. The Morgan fingerprint density at radius 3 is 2.42 bits per heavy atom. The minimum atomic E-state index is 0. The molecule has 1 heterocycles. The van der Waals surface area contributed by atoms with E-state index in [1.54, 1.807) is 7.11 Å². The van der Waals surface area contributed by atoms with Crippen molar-refractivity contribution in [1.82, 2.24) is 14.9 Å². The van der Waals surface area contributed by atoms with Crippen molar-refractivity contribution in [3.05, 3.63) is 47.5 Å². The molecule has 0 amide bonds. The minimum absolute atomic E-state index is 0. The zero-order valence-electron chi connectivity index (χ0n) is 18.7. The van der Waals surface area contributed by atoms with Crippen molar-refractivity contribution >= 4 is 40.7 Å². The molecule has 7 heteroatoms. The van der Waals surface area contributed by atoms with Gasteiger partial charge in [0.2, 0.25) is 0 Å². The van der Waals surface area contributed by atoms with Crippen LogP contribution in [0, 0.1) is 0 Å². The molecular weight excluding hydrogens is 431 g/mol. The number of fused-ring (bicyclic) bond motifs is 1. The summed E-state index contributed by atoms with van der Waals surface area (Å²) in [5.74, 6) is 2.32. The van der Waals surface area contributed by atoms with E-state index in [-0.39, 0.29) is 12.4 Å². The Morgan fingerprint density at radius 1 is 1.06 bits per heavy atom. The monoisotopic (exact) mass is 462 g/mol. The molecule has 0 aliphatic carbocycles. The van der Waals surface area contributed by atoms with E-state index in [1.807, 2.05) is 42.5 Å². The van der Waals surface area contributed by atoms with Crippen LogP contribution in [0.5, 0.6) is 5.75 Å². The third-order valence-electron chi connectivity index (χ3n) is 5.40. The Morgan fingerprint density at radius 2 is 1.77 bits per heavy atom. The van der Waals surface area contributed by atoms with Gasteiger partial charge in [0.15, 0.2) is 5.82 Å². The van der Waals surface area contributed by atoms with E-state index in [1.165, 1.54) is 0 Å². The number of benzene rings is 2. The number of aromatic nitrogens is 2. The molecular formula is C24H32Cl2N4O. The maximum atomic E-state index is 6.27. The Bertz CT molecular complexity index is 962. The van der Waals surface area contributed by atoms with Crippen LogP contribution in [0.3, 0.4) is 0 Å². The summed E-state index contributed by atoms with van der Waals surface area (Å²) in [6.45, 7) is 9.93. The van der Waals surface area contributed by atoms with E-state index < -0.39 is 0 Å². The zero-order valence-corrected chi connectivity index (χ0v) is 20.3. The maximum Gasteiger partial charge on any atom is 0.162 e. The quantitative estimate of drug-likeness (QED) is 0.382. The summed E-state index contributed by atoms with van der Waals surface area (Å²) < 4.78 is 5.26. The van der Waals surface area contributed by atoms with Crippen molar-refractivity contribution in [3.8, 4) is 17.1 Å². The van der Waals surface area contributed by atoms with E-state index in [0.29, 0.717) is 16.9 Å². The number of rotatable bonds is 10. The van der Waals surface area contributed by atoms with Crippen LogP contribution in [0.4, 0.5) is 5.82 Å². The van der Waals surface area contributed by atoms with E-state index in [4.69, 9.17) is 26.3 Å². The average Bonchev–Trinajstić information content (AvgIpc) is 2.77. The van der Waals surface area contributed by atoms with Gasteiger partial charge in [0.1, 0.15) is 11.6 Å². The van der Waals surface area contributed by atoms with Crippen LogP contribution in [0.2, 0.25) is 5.02 Å². The lowest BCUT2D eigenvalue weighted by Gasteiger charge is -2.20. The van der Waals surface area contributed by atoms with Crippen molar-refractivity contribution in [1.29, 1.82) is 0 Å². The molecule has 0 spiro atoms. The highest BCUT2D eigenvalue weighted by molar-refractivity contribution is 6.31. The molecule has 3 aromatic rings. The number of methoxy groups -OCH3 is 1. The summed E-state index contributed by atoms with van der Waals surface area (Å²) in [5.41, 5.74) is 1.82. The summed E-state index contributed by atoms with van der Waals surface area (Å²) >= 11 is 6.27. The predicted octanol–water partition coefficient (Wildman–Crippen LogP) is 6.30. The first kappa shape index (κ1) is 25.2. The SMILES string of the molecule is CCN(CC)CCCC(C)Nc1nc(-c2ccc(OC)cc2)nc2ccc(Cl)cc12.Cl. The second-order valence-corrected chi connectivity index (χ2v) is 7.94. The molecule has 1 aromatic heterocycles. The molecule has 0 fully saturated rings. The first-order chi connectivity index (χ1) is 14.5. The third-order valence-corrected chi connectivity index (χ3v) is 5.63. The average molecular weight is 463 g/mol. The van der Waals surface area contributed by atoms with Gasteiger partial charge in [-0.05, 0) is 81.9 Å². The largest absolute Gasteiger partial charge is 0.497 e. The van der Waals surface area contributed by atoms with Crippen LogP contribution >= 0.6 is 24.0 Å². The number of hydrogen-bond acceptors (Lipinski definition) is 5. The standard InChI is InChI=1S/C24H31ClN4O.ClH/c1-5-29(6-2)15-7-8-17(3)26-24-21-16-19(25)11-14-22(21)27-23(28-24)18-9-12-20(30-4)13-10-18;/h9-14,16-17H,5-8,15H2,1-4H3,(H,26,27,28);1H. The van der Waals surface area contributed by atoms with Gasteiger partial charge in [-0.25, -0.2) is 9.97 Å². The molecule has 0 saturated carbocycles. The molecule has 0 radical (unpaired) electrons. The van der Waals surface area contributed by atoms with Crippen LogP contribution in [-0.2, 0) is 0 Å². The van der Waals surface area contributed by atoms with Gasteiger partial charge in [0.05, 0.1) is 12.6 Å². The summed E-state index contributed by atoms with van der Waals surface area (Å²) in [7, 11) is 1.66. The first-order valence-electron chi connectivity index (χ1n) is 10.6. The van der Waals surface area contributed by atoms with Crippen LogP contribution in [0.15, 0.2) is 42.5 Å². The Hall–Kier alpha value is -2.08. The molecule has 3 rings (SSSR count). The van der Waals surface area contributed by atoms with Gasteiger partial charge < -0.3 is 15.0 Å². The van der Waals surface area contributed by atoms with Gasteiger partial charge in [-0.2, -0.15) is 0 Å². The van der Waals surface area contributed by atoms with Crippen molar-refractivity contribution in [3.63, 3.8) is 0 Å². The van der Waals surface area contributed by atoms with E-state index in [2.05, 4.69) is 31.0 Å². The third kappa shape index (κ3) is 6.70. The fourth-order valence-corrected chi connectivity index (χ4v) is 3.72. The van der Waals surface area contributed by atoms with Crippen LogP contribution < -0.4 is 10.1 Å². The summed E-state index contributed by atoms with van der Waals surface area (Å²) in [5, 5.41) is 5.22. The number of halogens is 2. The van der Waals surface area contributed by atoms with Crippen LogP contribution in [0.25, 0.3) is 22.3 Å².